The van der Waals surface area contributed by atoms with Gasteiger partial charge in [0.2, 0.25) is 17.7 Å². The summed E-state index contributed by atoms with van der Waals surface area (Å²) in [7, 11) is 0. The van der Waals surface area contributed by atoms with E-state index >= 15 is 0 Å². The number of amides is 3. The molecule has 5 rings (SSSR count). The third-order valence-corrected chi connectivity index (χ3v) is 8.92. The van der Waals surface area contributed by atoms with Crippen LogP contribution in [-0.4, -0.2) is 115 Å². The topological polar surface area (TPSA) is 132 Å². The molecule has 4 N–H and O–H groups in total. The van der Waals surface area contributed by atoms with Crippen LogP contribution >= 0.6 is 0 Å². The molecule has 0 radical (unpaired) electrons. The Morgan fingerprint density at radius 1 is 1.05 bits per heavy atom. The predicted molar refractivity (Wildman–Crippen MR) is 157 cm³/mol. The molecular weight excluding hydrogens is 557 g/mol. The minimum Gasteiger partial charge on any atom is -0.494 e. The molecule has 3 aliphatic heterocycles. The number of ether oxygens (including phenoxy) is 2. The van der Waals surface area contributed by atoms with E-state index in [0.717, 1.165) is 25.1 Å². The van der Waals surface area contributed by atoms with Crippen molar-refractivity contribution >= 4 is 17.7 Å². The smallest absolute Gasteiger partial charge is 0.243 e. The van der Waals surface area contributed by atoms with Gasteiger partial charge in [-0.15, -0.1) is 0 Å². The number of hydrogen-bond acceptors (Lipinski definition) is 8. The maximum atomic E-state index is 14.3. The number of nitrogens with zero attached hydrogens (tertiary/aromatic N) is 2. The standard InChI is InChI=1S/C31H46FN5O6/c32-31(10-11-31)21-33-28(39)24-7-1-2-16-43-23-6-3-5-22(19-23)20-26(37-12-4-8-27(37)38)30(41)35-25(29(40)34-24)9-13-36-14-17-42-18-15-36/h3,5-6,19,24-27,38H,1-2,4,7-18,20-21H2,(H,33,39)(H,34,40)(H,35,41)/t24-,25-,26-,27?/m0/s1. The lowest BCUT2D eigenvalue weighted by Crippen LogP contribution is -2.58. The first-order valence-corrected chi connectivity index (χ1v) is 15.8. The van der Waals surface area contributed by atoms with Crippen LogP contribution in [0.2, 0.25) is 0 Å². The van der Waals surface area contributed by atoms with E-state index in [0.29, 0.717) is 90.0 Å². The molecule has 0 spiro atoms. The number of alkyl halides is 1. The highest BCUT2D eigenvalue weighted by atomic mass is 19.1. The molecule has 3 amide bonds. The Morgan fingerprint density at radius 2 is 1.86 bits per heavy atom. The van der Waals surface area contributed by atoms with Gasteiger partial charge >= 0.3 is 0 Å². The van der Waals surface area contributed by atoms with E-state index in [1.54, 1.807) is 4.90 Å². The van der Waals surface area contributed by atoms with Crippen LogP contribution in [0.1, 0.15) is 56.9 Å². The summed E-state index contributed by atoms with van der Waals surface area (Å²) < 4.78 is 25.7. The molecule has 238 valence electrons. The molecule has 4 aliphatic rings. The van der Waals surface area contributed by atoms with E-state index in [2.05, 4.69) is 20.9 Å². The number of carbonyl (C=O) groups is 3. The average Bonchev–Trinajstić information content (AvgIpc) is 3.60. The predicted octanol–water partition coefficient (Wildman–Crippen LogP) is 0.885. The molecule has 4 atom stereocenters. The number of aliphatic hydroxyl groups excluding tert-OH is 1. The number of aliphatic hydroxyl groups is 1. The molecule has 2 saturated heterocycles. The molecular formula is C31H46FN5O6. The first-order chi connectivity index (χ1) is 20.8. The van der Waals surface area contributed by atoms with Crippen molar-refractivity contribution in [3.63, 3.8) is 0 Å². The highest BCUT2D eigenvalue weighted by molar-refractivity contribution is 5.93. The van der Waals surface area contributed by atoms with Crippen LogP contribution in [0.3, 0.4) is 0 Å². The fourth-order valence-corrected chi connectivity index (χ4v) is 6.02. The molecule has 1 aromatic rings. The SMILES string of the molecule is O=C(NCC1(F)CC1)[C@@H]1CCCCOc2cccc(c2)C[C@H](N2CCCC2O)C(=O)N[C@@H](CCN2CCOCC2)C(=O)N1. The summed E-state index contributed by atoms with van der Waals surface area (Å²) in [6.45, 7) is 4.18. The molecule has 1 unspecified atom stereocenters. The van der Waals surface area contributed by atoms with Crippen LogP contribution < -0.4 is 20.7 Å². The van der Waals surface area contributed by atoms with Crippen molar-refractivity contribution in [3.05, 3.63) is 29.8 Å². The third-order valence-electron chi connectivity index (χ3n) is 8.92. The summed E-state index contributed by atoms with van der Waals surface area (Å²) in [5.41, 5.74) is -0.458. The highest BCUT2D eigenvalue weighted by Crippen LogP contribution is 2.38. The molecule has 3 heterocycles. The van der Waals surface area contributed by atoms with Gasteiger partial charge in [-0.05, 0) is 75.5 Å². The summed E-state index contributed by atoms with van der Waals surface area (Å²) in [5.74, 6) is -0.539. The zero-order valence-electron chi connectivity index (χ0n) is 24.9. The van der Waals surface area contributed by atoms with Crippen LogP contribution in [0.15, 0.2) is 24.3 Å². The van der Waals surface area contributed by atoms with Crippen LogP contribution in [0.25, 0.3) is 0 Å². The van der Waals surface area contributed by atoms with Crippen LogP contribution in [0.5, 0.6) is 5.75 Å². The second-order valence-corrected chi connectivity index (χ2v) is 12.3. The number of morpholine rings is 1. The van der Waals surface area contributed by atoms with Crippen LogP contribution in [-0.2, 0) is 25.5 Å². The normalized spacial score (nSPS) is 29.3. The van der Waals surface area contributed by atoms with Crippen molar-refractivity contribution in [3.8, 4) is 5.75 Å². The van der Waals surface area contributed by atoms with Gasteiger partial charge in [-0.1, -0.05) is 12.1 Å². The largest absolute Gasteiger partial charge is 0.494 e. The van der Waals surface area contributed by atoms with Crippen LogP contribution in [0.4, 0.5) is 4.39 Å². The van der Waals surface area contributed by atoms with E-state index in [4.69, 9.17) is 9.47 Å². The third kappa shape index (κ3) is 9.10. The van der Waals surface area contributed by atoms with Crippen molar-refractivity contribution in [1.29, 1.82) is 0 Å². The lowest BCUT2D eigenvalue weighted by Gasteiger charge is -2.32. The first kappa shape index (κ1) is 31.6. The molecule has 0 aromatic heterocycles. The lowest BCUT2D eigenvalue weighted by molar-refractivity contribution is -0.135. The highest BCUT2D eigenvalue weighted by Gasteiger charge is 2.43. The summed E-state index contributed by atoms with van der Waals surface area (Å²) >= 11 is 0. The Kier molecular flexibility index (Phi) is 10.9. The Labute approximate surface area is 252 Å². The number of halogens is 1. The molecule has 2 bridgehead atoms. The van der Waals surface area contributed by atoms with E-state index in [9.17, 15) is 23.9 Å². The first-order valence-electron chi connectivity index (χ1n) is 15.8. The second kappa shape index (κ2) is 14.8. The summed E-state index contributed by atoms with van der Waals surface area (Å²) in [4.78, 5) is 44.9. The van der Waals surface area contributed by atoms with E-state index in [-0.39, 0.29) is 12.5 Å². The van der Waals surface area contributed by atoms with Crippen molar-refractivity contribution in [2.75, 3.05) is 52.5 Å². The molecule has 3 fully saturated rings. The zero-order valence-corrected chi connectivity index (χ0v) is 24.9. The van der Waals surface area contributed by atoms with E-state index in [1.165, 1.54) is 0 Å². The van der Waals surface area contributed by atoms with E-state index in [1.807, 2.05) is 24.3 Å². The monoisotopic (exact) mass is 603 g/mol. The van der Waals surface area contributed by atoms with Gasteiger partial charge in [0, 0.05) is 26.2 Å². The fourth-order valence-electron chi connectivity index (χ4n) is 6.02. The van der Waals surface area contributed by atoms with Gasteiger partial charge in [0.05, 0.1) is 32.4 Å². The Balaban J connectivity index is 1.37. The minimum absolute atomic E-state index is 0.0747. The maximum Gasteiger partial charge on any atom is 0.243 e. The molecule has 1 aliphatic carbocycles. The Hall–Kier alpha value is -2.80. The van der Waals surface area contributed by atoms with Gasteiger partial charge in [0.1, 0.15) is 29.7 Å². The number of benzene rings is 1. The number of rotatable bonds is 7. The van der Waals surface area contributed by atoms with Gasteiger partial charge in [-0.2, -0.15) is 0 Å². The van der Waals surface area contributed by atoms with E-state index < -0.39 is 41.8 Å². The number of nitrogens with one attached hydrogen (secondary N) is 3. The summed E-state index contributed by atoms with van der Waals surface area (Å²) in [5, 5.41) is 19.3. The lowest BCUT2D eigenvalue weighted by atomic mass is 10.0. The minimum atomic E-state index is -1.36. The molecule has 12 heteroatoms. The second-order valence-electron chi connectivity index (χ2n) is 12.3. The zero-order chi connectivity index (χ0) is 30.2. The Bertz CT molecular complexity index is 1110. The van der Waals surface area contributed by atoms with Crippen molar-refractivity contribution < 1.29 is 33.4 Å². The fraction of sp³-hybridized carbons (Fsp3) is 0.710. The molecule has 1 saturated carbocycles. The number of hydrogen-bond donors (Lipinski definition) is 4. The average molecular weight is 604 g/mol. The quantitative estimate of drug-likeness (QED) is 0.361. The van der Waals surface area contributed by atoms with Crippen molar-refractivity contribution in [1.82, 2.24) is 25.8 Å². The van der Waals surface area contributed by atoms with Gasteiger partial charge in [0.25, 0.3) is 0 Å². The summed E-state index contributed by atoms with van der Waals surface area (Å²) in [6, 6.07) is 5.15. The van der Waals surface area contributed by atoms with Gasteiger partial charge in [-0.3, -0.25) is 24.2 Å². The molecule has 1 aromatic carbocycles. The summed E-state index contributed by atoms with van der Waals surface area (Å²) in [6.07, 6.45) is 3.75. The Morgan fingerprint density at radius 3 is 2.60 bits per heavy atom. The van der Waals surface area contributed by atoms with Crippen molar-refractivity contribution in [2.24, 2.45) is 0 Å². The van der Waals surface area contributed by atoms with Gasteiger partial charge in [-0.25, -0.2) is 4.39 Å². The maximum absolute atomic E-state index is 14.3. The van der Waals surface area contributed by atoms with Gasteiger partial charge in [0.15, 0.2) is 0 Å². The molecule has 43 heavy (non-hydrogen) atoms. The number of likely N-dealkylation sites (tertiary alicyclic amines) is 1. The van der Waals surface area contributed by atoms with Crippen molar-refractivity contribution in [2.45, 2.75) is 87.8 Å². The van der Waals surface area contributed by atoms with Gasteiger partial charge < -0.3 is 30.5 Å². The molecule has 11 nitrogen and oxygen atoms in total. The van der Waals surface area contributed by atoms with Crippen LogP contribution in [0, 0.1) is 0 Å². The number of fused-ring (bicyclic) bond motifs is 2. The number of carbonyl (C=O) groups excluding carboxylic acids is 3.